The number of anilines is 1. The molecule has 0 N–H and O–H groups in total. The van der Waals surface area contributed by atoms with Gasteiger partial charge >= 0.3 is 0 Å². The number of aromatic nitrogens is 2. The van der Waals surface area contributed by atoms with E-state index in [1.165, 1.54) is 12.1 Å². The van der Waals surface area contributed by atoms with E-state index in [1.54, 1.807) is 0 Å². The number of fused-ring (bicyclic) bond motifs is 1. The second kappa shape index (κ2) is 6.37. The molecular weight excluding hydrogens is 322 g/mol. The van der Waals surface area contributed by atoms with Crippen molar-refractivity contribution < 1.29 is 8.78 Å². The highest BCUT2D eigenvalue weighted by Crippen LogP contribution is 2.29. The van der Waals surface area contributed by atoms with Gasteiger partial charge in [0.25, 0.3) is 0 Å². The maximum atomic E-state index is 14.2. The molecular formula is C19H18F2N4. The lowest BCUT2D eigenvalue weighted by atomic mass is 10.1. The summed E-state index contributed by atoms with van der Waals surface area (Å²) >= 11 is 0. The lowest BCUT2D eigenvalue weighted by Crippen LogP contribution is -2.45. The third kappa shape index (κ3) is 3.05. The summed E-state index contributed by atoms with van der Waals surface area (Å²) in [6, 6.07) is 11.2. The Morgan fingerprint density at radius 3 is 2.44 bits per heavy atom. The van der Waals surface area contributed by atoms with Crippen LogP contribution in [0.5, 0.6) is 0 Å². The molecule has 0 radical (unpaired) electrons. The van der Waals surface area contributed by atoms with Crippen molar-refractivity contribution in [3.8, 4) is 11.4 Å². The Bertz CT molecular complexity index is 920. The lowest BCUT2D eigenvalue weighted by molar-refractivity contribution is 0.312. The van der Waals surface area contributed by atoms with Gasteiger partial charge in [-0.15, -0.1) is 0 Å². The molecule has 4 nitrogen and oxygen atoms in total. The van der Waals surface area contributed by atoms with Gasteiger partial charge in [-0.3, -0.25) is 0 Å². The number of hydrogen-bond donors (Lipinski definition) is 0. The molecule has 0 amide bonds. The van der Waals surface area contributed by atoms with Crippen molar-refractivity contribution in [1.82, 2.24) is 14.9 Å². The second-order valence-electron chi connectivity index (χ2n) is 6.30. The minimum absolute atomic E-state index is 0.211. The van der Waals surface area contributed by atoms with Gasteiger partial charge in [-0.2, -0.15) is 0 Å². The summed E-state index contributed by atoms with van der Waals surface area (Å²) in [5.74, 6) is -0.177. The molecule has 0 bridgehead atoms. The molecule has 2 aromatic carbocycles. The van der Waals surface area contributed by atoms with Crippen LogP contribution in [0.25, 0.3) is 22.3 Å². The van der Waals surface area contributed by atoms with Gasteiger partial charge in [0.2, 0.25) is 0 Å². The van der Waals surface area contributed by atoms with Crippen molar-refractivity contribution in [2.75, 3.05) is 38.1 Å². The predicted molar refractivity (Wildman–Crippen MR) is 94.6 cm³/mol. The number of piperazine rings is 1. The molecule has 1 fully saturated rings. The van der Waals surface area contributed by atoms with Crippen LogP contribution in [0.3, 0.4) is 0 Å². The van der Waals surface area contributed by atoms with E-state index >= 15 is 0 Å². The fourth-order valence-electron chi connectivity index (χ4n) is 3.11. The Kier molecular flexibility index (Phi) is 4.05. The van der Waals surface area contributed by atoms with E-state index in [9.17, 15) is 8.78 Å². The normalized spacial score (nSPS) is 15.7. The van der Waals surface area contributed by atoms with Crippen molar-refractivity contribution in [1.29, 1.82) is 0 Å². The summed E-state index contributed by atoms with van der Waals surface area (Å²) < 4.78 is 27.5. The topological polar surface area (TPSA) is 32.3 Å². The molecule has 128 valence electrons. The number of hydrogen-bond acceptors (Lipinski definition) is 4. The molecule has 6 heteroatoms. The molecule has 25 heavy (non-hydrogen) atoms. The molecule has 0 atom stereocenters. The van der Waals surface area contributed by atoms with Crippen LogP contribution in [0.15, 0.2) is 42.5 Å². The first-order chi connectivity index (χ1) is 12.1. The average Bonchev–Trinajstić information content (AvgIpc) is 2.61. The summed E-state index contributed by atoms with van der Waals surface area (Å²) in [5.41, 5.74) is 0.965. The first kappa shape index (κ1) is 15.9. The fraction of sp³-hybridized carbons (Fsp3) is 0.263. The van der Waals surface area contributed by atoms with E-state index in [1.807, 2.05) is 24.3 Å². The number of para-hydroxylation sites is 1. The van der Waals surface area contributed by atoms with E-state index in [2.05, 4.69) is 26.8 Å². The number of benzene rings is 2. The fourth-order valence-corrected chi connectivity index (χ4v) is 3.11. The molecule has 0 spiro atoms. The van der Waals surface area contributed by atoms with E-state index in [-0.39, 0.29) is 11.4 Å². The molecule has 4 rings (SSSR count). The quantitative estimate of drug-likeness (QED) is 0.716. The lowest BCUT2D eigenvalue weighted by Gasteiger charge is -2.33. The summed E-state index contributed by atoms with van der Waals surface area (Å²) in [7, 11) is 2.09. The predicted octanol–water partition coefficient (Wildman–Crippen LogP) is 3.33. The van der Waals surface area contributed by atoms with Gasteiger partial charge in [-0.05, 0) is 31.3 Å². The number of halogens is 2. The van der Waals surface area contributed by atoms with Crippen LogP contribution in [0.4, 0.5) is 14.6 Å². The van der Waals surface area contributed by atoms with Crippen LogP contribution >= 0.6 is 0 Å². The van der Waals surface area contributed by atoms with Gasteiger partial charge < -0.3 is 9.80 Å². The first-order valence-corrected chi connectivity index (χ1v) is 8.27. The standard InChI is InChI=1S/C19H18F2N4/c1-24-8-10-25(11-9-24)19-15-4-2-3-5-17(15)22-18(23-19)14-7-6-13(20)12-16(14)21/h2-7,12H,8-11H2,1H3. The van der Waals surface area contributed by atoms with Crippen LogP contribution in [0, 0.1) is 11.6 Å². The Morgan fingerprint density at radius 1 is 0.920 bits per heavy atom. The van der Waals surface area contributed by atoms with Crippen LogP contribution in [-0.4, -0.2) is 48.1 Å². The molecule has 1 aliphatic rings. The van der Waals surface area contributed by atoms with Gasteiger partial charge in [0.05, 0.1) is 11.1 Å². The Balaban J connectivity index is 1.86. The highest BCUT2D eigenvalue weighted by molar-refractivity contribution is 5.91. The third-order valence-electron chi connectivity index (χ3n) is 4.56. The van der Waals surface area contributed by atoms with Crippen LogP contribution in [0.2, 0.25) is 0 Å². The van der Waals surface area contributed by atoms with E-state index in [4.69, 9.17) is 0 Å². The van der Waals surface area contributed by atoms with E-state index < -0.39 is 11.6 Å². The minimum atomic E-state index is -0.653. The highest BCUT2D eigenvalue weighted by atomic mass is 19.1. The average molecular weight is 340 g/mol. The van der Waals surface area contributed by atoms with Crippen LogP contribution in [0.1, 0.15) is 0 Å². The van der Waals surface area contributed by atoms with Crippen molar-refractivity contribution in [3.05, 3.63) is 54.1 Å². The van der Waals surface area contributed by atoms with Gasteiger partial charge in [-0.1, -0.05) is 12.1 Å². The van der Waals surface area contributed by atoms with Gasteiger partial charge in [0.15, 0.2) is 5.82 Å². The van der Waals surface area contributed by atoms with Crippen molar-refractivity contribution in [3.63, 3.8) is 0 Å². The number of rotatable bonds is 2. The van der Waals surface area contributed by atoms with Crippen molar-refractivity contribution >= 4 is 16.7 Å². The number of nitrogens with zero attached hydrogens (tertiary/aromatic N) is 4. The van der Waals surface area contributed by atoms with Crippen molar-refractivity contribution in [2.24, 2.45) is 0 Å². The smallest absolute Gasteiger partial charge is 0.165 e. The molecule has 0 aliphatic carbocycles. The second-order valence-corrected chi connectivity index (χ2v) is 6.30. The van der Waals surface area contributed by atoms with E-state index in [0.717, 1.165) is 49.0 Å². The van der Waals surface area contributed by atoms with Gasteiger partial charge in [-0.25, -0.2) is 18.7 Å². The molecule has 0 saturated carbocycles. The largest absolute Gasteiger partial charge is 0.353 e. The summed E-state index contributed by atoms with van der Waals surface area (Å²) in [6.07, 6.45) is 0. The zero-order valence-electron chi connectivity index (χ0n) is 13.9. The third-order valence-corrected chi connectivity index (χ3v) is 4.56. The summed E-state index contributed by atoms with van der Waals surface area (Å²) in [4.78, 5) is 13.6. The molecule has 0 unspecified atom stereocenters. The summed E-state index contributed by atoms with van der Waals surface area (Å²) in [5, 5.41) is 0.943. The number of likely N-dealkylation sites (N-methyl/N-ethyl adjacent to an activating group) is 1. The molecule has 2 heterocycles. The highest BCUT2D eigenvalue weighted by Gasteiger charge is 2.20. The molecule has 1 saturated heterocycles. The van der Waals surface area contributed by atoms with Crippen LogP contribution < -0.4 is 4.90 Å². The van der Waals surface area contributed by atoms with Gasteiger partial charge in [0.1, 0.15) is 17.5 Å². The van der Waals surface area contributed by atoms with Crippen molar-refractivity contribution in [2.45, 2.75) is 0 Å². The Morgan fingerprint density at radius 2 is 1.68 bits per heavy atom. The zero-order valence-corrected chi connectivity index (χ0v) is 13.9. The monoisotopic (exact) mass is 340 g/mol. The SMILES string of the molecule is CN1CCN(c2nc(-c3ccc(F)cc3F)nc3ccccc23)CC1. The van der Waals surface area contributed by atoms with E-state index in [0.29, 0.717) is 0 Å². The molecule has 3 aromatic rings. The maximum Gasteiger partial charge on any atom is 0.165 e. The maximum absolute atomic E-state index is 14.2. The van der Waals surface area contributed by atoms with Crippen LogP contribution in [-0.2, 0) is 0 Å². The summed E-state index contributed by atoms with van der Waals surface area (Å²) in [6.45, 7) is 3.59. The Labute approximate surface area is 144 Å². The minimum Gasteiger partial charge on any atom is -0.353 e. The molecule has 1 aliphatic heterocycles. The Hall–Kier alpha value is -2.60. The first-order valence-electron chi connectivity index (χ1n) is 8.27. The van der Waals surface area contributed by atoms with Gasteiger partial charge in [0, 0.05) is 37.6 Å². The zero-order chi connectivity index (χ0) is 17.4. The molecule has 1 aromatic heterocycles.